The number of hydrogen-bond acceptors (Lipinski definition) is 3. The first kappa shape index (κ1) is 13.4. The van der Waals surface area contributed by atoms with E-state index in [1.165, 1.54) is 0 Å². The quantitative estimate of drug-likeness (QED) is 0.801. The van der Waals surface area contributed by atoms with E-state index < -0.39 is 5.82 Å². The minimum absolute atomic E-state index is 0.0119. The number of anilines is 1. The minimum Gasteiger partial charge on any atom is -0.368 e. The Balaban J connectivity index is 3.10. The van der Waals surface area contributed by atoms with Crippen LogP contribution in [-0.4, -0.2) is 9.97 Å². The first-order valence-electron chi connectivity index (χ1n) is 5.38. The summed E-state index contributed by atoms with van der Waals surface area (Å²) in [6, 6.07) is 0. The summed E-state index contributed by atoms with van der Waals surface area (Å²) >= 11 is 0. The van der Waals surface area contributed by atoms with Crippen molar-refractivity contribution in [3.63, 3.8) is 0 Å². The van der Waals surface area contributed by atoms with Crippen LogP contribution in [0.5, 0.6) is 0 Å². The zero-order valence-electron chi connectivity index (χ0n) is 10.7. The van der Waals surface area contributed by atoms with Gasteiger partial charge in [0.2, 0.25) is 5.95 Å². The van der Waals surface area contributed by atoms with Crippen LogP contribution in [-0.2, 0) is 0 Å². The molecule has 0 spiro atoms. The third kappa shape index (κ3) is 3.37. The number of hydrogen-bond donors (Lipinski definition) is 1. The van der Waals surface area contributed by atoms with Gasteiger partial charge in [-0.25, -0.2) is 14.4 Å². The molecule has 1 aromatic heterocycles. The van der Waals surface area contributed by atoms with Crippen molar-refractivity contribution in [2.75, 3.05) is 5.73 Å². The van der Waals surface area contributed by atoms with E-state index in [2.05, 4.69) is 37.3 Å². The lowest BCUT2D eigenvalue weighted by Gasteiger charge is -2.19. The summed E-state index contributed by atoms with van der Waals surface area (Å²) in [6.45, 7) is 12.0. The molecule has 4 heteroatoms. The van der Waals surface area contributed by atoms with E-state index in [4.69, 9.17) is 5.73 Å². The molecule has 92 valence electrons. The lowest BCUT2D eigenvalue weighted by Crippen LogP contribution is -2.07. The van der Waals surface area contributed by atoms with Gasteiger partial charge in [0.1, 0.15) is 5.69 Å². The molecule has 3 nitrogen and oxygen atoms in total. The summed E-state index contributed by atoms with van der Waals surface area (Å²) < 4.78 is 13.5. The third-order valence-corrected chi connectivity index (χ3v) is 2.64. The fraction of sp³-hybridized carbons (Fsp3) is 0.385. The lowest BCUT2D eigenvalue weighted by atomic mass is 9.86. The largest absolute Gasteiger partial charge is 0.368 e. The van der Waals surface area contributed by atoms with Crippen molar-refractivity contribution >= 4 is 11.5 Å². The molecule has 0 aliphatic carbocycles. The zero-order valence-corrected chi connectivity index (χ0v) is 10.7. The van der Waals surface area contributed by atoms with Gasteiger partial charge in [-0.2, -0.15) is 0 Å². The maximum Gasteiger partial charge on any atom is 0.220 e. The van der Waals surface area contributed by atoms with Gasteiger partial charge in [0.05, 0.1) is 6.20 Å². The first-order valence-corrected chi connectivity index (χ1v) is 5.38. The molecule has 0 saturated heterocycles. The normalized spacial score (nSPS) is 12.6. The van der Waals surface area contributed by atoms with Crippen molar-refractivity contribution in [2.24, 2.45) is 5.41 Å². The lowest BCUT2D eigenvalue weighted by molar-refractivity contribution is 0.504. The number of nitrogen functional groups attached to an aromatic ring is 1. The van der Waals surface area contributed by atoms with Crippen molar-refractivity contribution < 1.29 is 4.39 Å². The van der Waals surface area contributed by atoms with Crippen molar-refractivity contribution in [1.82, 2.24) is 9.97 Å². The Morgan fingerprint density at radius 2 is 2.06 bits per heavy atom. The third-order valence-electron chi connectivity index (χ3n) is 2.64. The van der Waals surface area contributed by atoms with Crippen LogP contribution in [0.2, 0.25) is 0 Å². The van der Waals surface area contributed by atoms with E-state index in [1.54, 1.807) is 0 Å². The maximum atomic E-state index is 13.5. The smallest absolute Gasteiger partial charge is 0.220 e. The van der Waals surface area contributed by atoms with Gasteiger partial charge in [-0.15, -0.1) is 0 Å². The SMILES string of the molecule is C=C(/C=C(\C)C(C)(C)C)c1nc(N)ncc1F. The van der Waals surface area contributed by atoms with Crippen LogP contribution in [0.1, 0.15) is 33.4 Å². The molecule has 2 N–H and O–H groups in total. The molecule has 0 unspecified atom stereocenters. The zero-order chi connectivity index (χ0) is 13.2. The van der Waals surface area contributed by atoms with E-state index >= 15 is 0 Å². The molecule has 1 heterocycles. The average Bonchev–Trinajstić information content (AvgIpc) is 2.20. The highest BCUT2D eigenvalue weighted by Crippen LogP contribution is 2.27. The Bertz CT molecular complexity index is 470. The molecule has 17 heavy (non-hydrogen) atoms. The van der Waals surface area contributed by atoms with E-state index in [9.17, 15) is 4.39 Å². The molecule has 0 atom stereocenters. The Morgan fingerprint density at radius 3 is 2.59 bits per heavy atom. The number of nitrogens with two attached hydrogens (primary N) is 1. The number of aromatic nitrogens is 2. The van der Waals surface area contributed by atoms with Crippen LogP contribution in [0.15, 0.2) is 24.4 Å². The molecule has 0 saturated carbocycles. The van der Waals surface area contributed by atoms with Crippen molar-refractivity contribution in [2.45, 2.75) is 27.7 Å². The fourth-order valence-electron chi connectivity index (χ4n) is 1.15. The molecule has 1 rings (SSSR count). The van der Waals surface area contributed by atoms with Gasteiger partial charge < -0.3 is 5.73 Å². The highest BCUT2D eigenvalue weighted by molar-refractivity contribution is 5.71. The van der Waals surface area contributed by atoms with Crippen LogP contribution >= 0.6 is 0 Å². The average molecular weight is 235 g/mol. The van der Waals surface area contributed by atoms with Gasteiger partial charge in [0.25, 0.3) is 0 Å². The second-order valence-corrected chi connectivity index (χ2v) is 5.03. The van der Waals surface area contributed by atoms with Crippen LogP contribution in [0.3, 0.4) is 0 Å². The summed E-state index contributed by atoms with van der Waals surface area (Å²) in [5.74, 6) is -0.466. The summed E-state index contributed by atoms with van der Waals surface area (Å²) in [6.07, 6.45) is 2.88. The molecule has 0 fully saturated rings. The van der Waals surface area contributed by atoms with Crippen LogP contribution in [0, 0.1) is 11.2 Å². The Hall–Kier alpha value is -1.71. The predicted octanol–water partition coefficient (Wildman–Crippen LogP) is 3.20. The monoisotopic (exact) mass is 235 g/mol. The van der Waals surface area contributed by atoms with Crippen LogP contribution in [0.4, 0.5) is 10.3 Å². The van der Waals surface area contributed by atoms with Gasteiger partial charge in [-0.05, 0) is 17.9 Å². The van der Waals surface area contributed by atoms with Crippen molar-refractivity contribution in [3.8, 4) is 0 Å². The number of allylic oxidation sites excluding steroid dienone is 3. The first-order chi connectivity index (χ1) is 7.71. The summed E-state index contributed by atoms with van der Waals surface area (Å²) in [5, 5.41) is 0. The fourth-order valence-corrected chi connectivity index (χ4v) is 1.15. The second kappa shape index (κ2) is 4.65. The van der Waals surface area contributed by atoms with Gasteiger partial charge in [-0.3, -0.25) is 0 Å². The van der Waals surface area contributed by atoms with Gasteiger partial charge in [0, 0.05) is 0 Å². The van der Waals surface area contributed by atoms with E-state index in [0.717, 1.165) is 11.8 Å². The number of halogens is 1. The van der Waals surface area contributed by atoms with Crippen molar-refractivity contribution in [1.29, 1.82) is 0 Å². The van der Waals surface area contributed by atoms with Gasteiger partial charge in [0.15, 0.2) is 5.82 Å². The molecule has 0 amide bonds. The molecular weight excluding hydrogens is 217 g/mol. The van der Waals surface area contributed by atoms with Gasteiger partial charge in [-0.1, -0.05) is 39.0 Å². The number of nitrogens with zero attached hydrogens (tertiary/aromatic N) is 2. The van der Waals surface area contributed by atoms with Crippen molar-refractivity contribution in [3.05, 3.63) is 35.9 Å². The summed E-state index contributed by atoms with van der Waals surface area (Å²) in [4.78, 5) is 7.43. The highest BCUT2D eigenvalue weighted by atomic mass is 19.1. The molecule has 0 aliphatic rings. The van der Waals surface area contributed by atoms with E-state index in [1.807, 2.05) is 13.0 Å². The molecule has 0 aliphatic heterocycles. The predicted molar refractivity (Wildman–Crippen MR) is 68.6 cm³/mol. The Kier molecular flexibility index (Phi) is 3.66. The summed E-state index contributed by atoms with van der Waals surface area (Å²) in [7, 11) is 0. The highest BCUT2D eigenvalue weighted by Gasteiger charge is 2.14. The number of rotatable bonds is 2. The van der Waals surface area contributed by atoms with Crippen LogP contribution < -0.4 is 5.73 Å². The Morgan fingerprint density at radius 1 is 1.47 bits per heavy atom. The molecule has 0 aromatic carbocycles. The Labute approximate surface area is 101 Å². The van der Waals surface area contributed by atoms with E-state index in [-0.39, 0.29) is 17.1 Å². The van der Waals surface area contributed by atoms with Crippen LogP contribution in [0.25, 0.3) is 5.57 Å². The molecule has 0 radical (unpaired) electrons. The van der Waals surface area contributed by atoms with Gasteiger partial charge >= 0.3 is 0 Å². The minimum atomic E-state index is -0.512. The van der Waals surface area contributed by atoms with E-state index in [0.29, 0.717) is 5.57 Å². The molecule has 1 aromatic rings. The molecular formula is C13H18FN3. The second-order valence-electron chi connectivity index (χ2n) is 5.03. The maximum absolute atomic E-state index is 13.5. The topological polar surface area (TPSA) is 51.8 Å². The summed E-state index contributed by atoms with van der Waals surface area (Å²) in [5.41, 5.74) is 7.20. The molecule has 0 bridgehead atoms. The standard InChI is InChI=1S/C13H18FN3/c1-8(6-9(2)13(3,4)5)11-10(14)7-16-12(15)17-11/h6-7H,1H2,2-5H3,(H2,15,16,17)/b9-6+.